The van der Waals surface area contributed by atoms with Crippen molar-refractivity contribution in [1.29, 1.82) is 0 Å². The SMILES string of the molecule is C[Si](C)(C)/C=C1/C(=O)O[C@@H]2CCCCC[C@@H]12. The second-order valence-corrected chi connectivity index (χ2v) is 11.2. The highest BCUT2D eigenvalue weighted by Crippen LogP contribution is 2.38. The fraction of sp³-hybridized carbons (Fsp3) is 0.769. The molecule has 2 nitrogen and oxygen atoms in total. The fourth-order valence-corrected chi connectivity index (χ4v) is 4.02. The lowest BCUT2D eigenvalue weighted by Crippen LogP contribution is -2.20. The molecular weight excluding hydrogens is 216 g/mol. The number of rotatable bonds is 1. The molecule has 0 unspecified atom stereocenters. The Morgan fingerprint density at radius 3 is 2.56 bits per heavy atom. The molecule has 3 heteroatoms. The first-order valence-electron chi connectivity index (χ1n) is 6.41. The monoisotopic (exact) mass is 238 g/mol. The summed E-state index contributed by atoms with van der Waals surface area (Å²) in [6, 6.07) is 0. The molecule has 0 amide bonds. The molecule has 0 aromatic heterocycles. The van der Waals surface area contributed by atoms with Crippen LogP contribution in [0.5, 0.6) is 0 Å². The summed E-state index contributed by atoms with van der Waals surface area (Å²) in [5.74, 6) is 0.376. The third kappa shape index (κ3) is 2.57. The van der Waals surface area contributed by atoms with Crippen LogP contribution in [0.4, 0.5) is 0 Å². The van der Waals surface area contributed by atoms with Crippen molar-refractivity contribution in [2.24, 2.45) is 5.92 Å². The highest BCUT2D eigenvalue weighted by Gasteiger charge is 2.40. The van der Waals surface area contributed by atoms with E-state index in [1.165, 1.54) is 19.3 Å². The first-order valence-corrected chi connectivity index (χ1v) is 9.99. The topological polar surface area (TPSA) is 26.3 Å². The lowest BCUT2D eigenvalue weighted by Gasteiger charge is -2.16. The van der Waals surface area contributed by atoms with Crippen molar-refractivity contribution in [3.8, 4) is 0 Å². The molecule has 0 aromatic carbocycles. The Morgan fingerprint density at radius 1 is 1.19 bits per heavy atom. The van der Waals surface area contributed by atoms with Gasteiger partial charge in [0.2, 0.25) is 0 Å². The van der Waals surface area contributed by atoms with E-state index in [9.17, 15) is 4.79 Å². The summed E-state index contributed by atoms with van der Waals surface area (Å²) in [7, 11) is -1.32. The molecule has 2 atom stereocenters. The Bertz CT molecular complexity index is 314. The van der Waals surface area contributed by atoms with Crippen LogP contribution in [0.15, 0.2) is 11.3 Å². The van der Waals surface area contributed by atoms with Gasteiger partial charge >= 0.3 is 5.97 Å². The molecule has 2 aliphatic rings. The van der Waals surface area contributed by atoms with E-state index < -0.39 is 8.07 Å². The van der Waals surface area contributed by atoms with Gasteiger partial charge in [-0.3, -0.25) is 0 Å². The van der Waals surface area contributed by atoms with Gasteiger partial charge in [-0.15, -0.1) is 0 Å². The summed E-state index contributed by atoms with van der Waals surface area (Å²) in [6.07, 6.45) is 6.17. The fourth-order valence-electron chi connectivity index (χ4n) is 2.76. The minimum Gasteiger partial charge on any atom is -0.458 e. The van der Waals surface area contributed by atoms with Gasteiger partial charge in [0.15, 0.2) is 0 Å². The van der Waals surface area contributed by atoms with Gasteiger partial charge in [-0.1, -0.05) is 38.2 Å². The standard InChI is InChI=1S/C13H22O2Si/c1-16(2,3)9-11-10-7-5-4-6-8-12(10)15-13(11)14/h9-10,12H,4-8H2,1-3H3/b11-9+/t10-,12+/m0/s1. The van der Waals surface area contributed by atoms with Crippen LogP contribution in [0, 0.1) is 5.92 Å². The van der Waals surface area contributed by atoms with Crippen LogP contribution in [0.1, 0.15) is 32.1 Å². The Kier molecular flexibility index (Phi) is 3.24. The van der Waals surface area contributed by atoms with E-state index in [-0.39, 0.29) is 12.1 Å². The van der Waals surface area contributed by atoms with E-state index in [2.05, 4.69) is 25.3 Å². The number of esters is 1. The van der Waals surface area contributed by atoms with Crippen LogP contribution >= 0.6 is 0 Å². The van der Waals surface area contributed by atoms with E-state index in [4.69, 9.17) is 4.74 Å². The summed E-state index contributed by atoms with van der Waals surface area (Å²) < 4.78 is 5.52. The normalized spacial score (nSPS) is 33.4. The van der Waals surface area contributed by atoms with Gasteiger partial charge in [-0.05, 0) is 19.3 Å². The summed E-state index contributed by atoms with van der Waals surface area (Å²) in [5.41, 5.74) is 3.26. The van der Waals surface area contributed by atoms with Crippen molar-refractivity contribution in [1.82, 2.24) is 0 Å². The van der Waals surface area contributed by atoms with Gasteiger partial charge in [0.25, 0.3) is 0 Å². The highest BCUT2D eigenvalue weighted by atomic mass is 28.3. The van der Waals surface area contributed by atoms with Crippen molar-refractivity contribution < 1.29 is 9.53 Å². The minimum atomic E-state index is -1.32. The number of carbonyl (C=O) groups is 1. The summed E-state index contributed by atoms with van der Waals surface area (Å²) >= 11 is 0. The molecule has 1 aliphatic heterocycles. The molecule has 1 saturated carbocycles. The Labute approximate surface area is 99.1 Å². The summed E-state index contributed by atoms with van der Waals surface area (Å²) in [5, 5.41) is 0. The summed E-state index contributed by atoms with van der Waals surface area (Å²) in [4.78, 5) is 11.9. The zero-order valence-electron chi connectivity index (χ0n) is 10.6. The summed E-state index contributed by atoms with van der Waals surface area (Å²) in [6.45, 7) is 6.83. The molecule has 2 fully saturated rings. The average molecular weight is 238 g/mol. The first-order chi connectivity index (χ1) is 7.47. The first kappa shape index (κ1) is 11.9. The minimum absolute atomic E-state index is 0.0284. The van der Waals surface area contributed by atoms with E-state index in [1.807, 2.05) is 0 Å². The van der Waals surface area contributed by atoms with Crippen LogP contribution in [-0.2, 0) is 9.53 Å². The van der Waals surface area contributed by atoms with Crippen LogP contribution in [0.2, 0.25) is 19.6 Å². The molecule has 0 radical (unpaired) electrons. The quantitative estimate of drug-likeness (QED) is 0.398. The largest absolute Gasteiger partial charge is 0.458 e. The third-order valence-electron chi connectivity index (χ3n) is 3.43. The van der Waals surface area contributed by atoms with E-state index in [0.717, 1.165) is 18.4 Å². The molecule has 90 valence electrons. The van der Waals surface area contributed by atoms with Crippen LogP contribution in [0.25, 0.3) is 0 Å². The van der Waals surface area contributed by atoms with E-state index in [0.29, 0.717) is 5.92 Å². The van der Waals surface area contributed by atoms with Crippen LogP contribution in [0.3, 0.4) is 0 Å². The molecule has 0 bridgehead atoms. The van der Waals surface area contributed by atoms with Crippen molar-refractivity contribution >= 4 is 14.0 Å². The Balaban J connectivity index is 2.24. The molecule has 16 heavy (non-hydrogen) atoms. The lowest BCUT2D eigenvalue weighted by molar-refractivity contribution is -0.139. The zero-order chi connectivity index (χ0) is 11.8. The molecule has 0 N–H and O–H groups in total. The average Bonchev–Trinajstić information content (AvgIpc) is 2.39. The van der Waals surface area contributed by atoms with Crippen molar-refractivity contribution in [2.45, 2.75) is 57.8 Å². The van der Waals surface area contributed by atoms with Gasteiger partial charge in [-0.2, -0.15) is 0 Å². The Hall–Kier alpha value is -0.573. The van der Waals surface area contributed by atoms with Gasteiger partial charge in [0.1, 0.15) is 6.10 Å². The molecule has 0 spiro atoms. The molecule has 1 saturated heterocycles. The maximum Gasteiger partial charge on any atom is 0.334 e. The molecule has 1 aliphatic carbocycles. The van der Waals surface area contributed by atoms with Crippen molar-refractivity contribution in [2.75, 3.05) is 0 Å². The number of fused-ring (bicyclic) bond motifs is 1. The van der Waals surface area contributed by atoms with Gasteiger partial charge in [-0.25, -0.2) is 4.79 Å². The molecular formula is C13H22O2Si. The lowest BCUT2D eigenvalue weighted by atomic mass is 9.93. The zero-order valence-corrected chi connectivity index (χ0v) is 11.6. The highest BCUT2D eigenvalue weighted by molar-refractivity contribution is 6.81. The van der Waals surface area contributed by atoms with Gasteiger partial charge in [0, 0.05) is 11.5 Å². The van der Waals surface area contributed by atoms with Crippen LogP contribution in [-0.4, -0.2) is 20.1 Å². The van der Waals surface area contributed by atoms with Crippen LogP contribution < -0.4 is 0 Å². The maximum absolute atomic E-state index is 11.9. The number of carbonyl (C=O) groups excluding carboxylic acids is 1. The van der Waals surface area contributed by atoms with E-state index in [1.54, 1.807) is 0 Å². The number of hydrogen-bond donors (Lipinski definition) is 0. The molecule has 0 aromatic rings. The second-order valence-electron chi connectivity index (χ2n) is 6.15. The van der Waals surface area contributed by atoms with Crippen molar-refractivity contribution in [3.05, 3.63) is 11.3 Å². The number of hydrogen-bond acceptors (Lipinski definition) is 2. The van der Waals surface area contributed by atoms with Gasteiger partial charge in [0.05, 0.1) is 8.07 Å². The predicted molar refractivity (Wildman–Crippen MR) is 67.9 cm³/mol. The molecule has 2 rings (SSSR count). The van der Waals surface area contributed by atoms with Gasteiger partial charge < -0.3 is 4.74 Å². The Morgan fingerprint density at radius 2 is 1.88 bits per heavy atom. The second kappa shape index (κ2) is 4.36. The van der Waals surface area contributed by atoms with E-state index >= 15 is 0 Å². The third-order valence-corrected chi connectivity index (χ3v) is 4.61. The smallest absolute Gasteiger partial charge is 0.334 e. The maximum atomic E-state index is 11.9. The number of ether oxygens (including phenoxy) is 1. The molecule has 1 heterocycles. The van der Waals surface area contributed by atoms with Crippen molar-refractivity contribution in [3.63, 3.8) is 0 Å². The predicted octanol–water partition coefficient (Wildman–Crippen LogP) is 3.30.